The molecule has 0 aromatic heterocycles. The largest absolute Gasteiger partial charge is 0.390 e. The fourth-order valence-corrected chi connectivity index (χ4v) is 2.31. The van der Waals surface area contributed by atoms with Crippen LogP contribution in [0, 0.1) is 0 Å². The lowest BCUT2D eigenvalue weighted by Gasteiger charge is -2.12. The Hall–Kier alpha value is -1.08. The van der Waals surface area contributed by atoms with Crippen LogP contribution in [0.3, 0.4) is 0 Å². The zero-order valence-corrected chi connectivity index (χ0v) is 13.1. The van der Waals surface area contributed by atoms with Crippen molar-refractivity contribution in [1.82, 2.24) is 10.6 Å². The number of nitrogens with zero attached hydrogens (tertiary/aromatic N) is 1. The van der Waals surface area contributed by atoms with Crippen LogP contribution in [0.2, 0.25) is 5.02 Å². The molecule has 2 N–H and O–H groups in total. The summed E-state index contributed by atoms with van der Waals surface area (Å²) in [7, 11) is 1.52. The summed E-state index contributed by atoms with van der Waals surface area (Å²) < 4.78 is 36.1. The average molecular weight is 340 g/mol. The van der Waals surface area contributed by atoms with Gasteiger partial charge in [-0.3, -0.25) is 4.99 Å². The van der Waals surface area contributed by atoms with E-state index in [0.717, 1.165) is 10.6 Å². The van der Waals surface area contributed by atoms with Gasteiger partial charge in [0.05, 0.1) is 6.42 Å². The van der Waals surface area contributed by atoms with E-state index >= 15 is 0 Å². The molecule has 0 aliphatic heterocycles. The van der Waals surface area contributed by atoms with Gasteiger partial charge in [-0.2, -0.15) is 13.2 Å². The maximum absolute atomic E-state index is 12.0. The van der Waals surface area contributed by atoms with E-state index in [1.165, 1.54) is 7.05 Å². The molecule has 3 nitrogen and oxygen atoms in total. The van der Waals surface area contributed by atoms with Crippen LogP contribution in [0.1, 0.15) is 6.42 Å². The Morgan fingerprint density at radius 1 is 1.19 bits per heavy atom. The van der Waals surface area contributed by atoms with Crippen LogP contribution in [0.25, 0.3) is 0 Å². The molecule has 0 atom stereocenters. The van der Waals surface area contributed by atoms with Gasteiger partial charge in [0, 0.05) is 35.8 Å². The van der Waals surface area contributed by atoms with Crippen molar-refractivity contribution in [2.75, 3.05) is 25.9 Å². The molecule has 0 heterocycles. The minimum Gasteiger partial charge on any atom is -0.356 e. The monoisotopic (exact) mass is 339 g/mol. The topological polar surface area (TPSA) is 36.4 Å². The molecule has 0 bridgehead atoms. The first-order chi connectivity index (χ1) is 9.90. The van der Waals surface area contributed by atoms with Crippen molar-refractivity contribution in [1.29, 1.82) is 0 Å². The lowest BCUT2D eigenvalue weighted by Crippen LogP contribution is -2.39. The number of rotatable bonds is 6. The summed E-state index contributed by atoms with van der Waals surface area (Å²) in [6.45, 7) is 0.409. The standard InChI is InChI=1S/C13H17ClF3N3S/c1-18-12(19-7-6-13(15,16)17)20-8-9-21-11-4-2-10(14)3-5-11/h2-5H,6-9H2,1H3,(H2,18,19,20). The number of thioether (sulfide) groups is 1. The molecule has 0 radical (unpaired) electrons. The summed E-state index contributed by atoms with van der Waals surface area (Å²) in [5.41, 5.74) is 0. The molecule has 0 aliphatic rings. The van der Waals surface area contributed by atoms with Crippen molar-refractivity contribution in [3.63, 3.8) is 0 Å². The number of alkyl halides is 3. The van der Waals surface area contributed by atoms with Crippen LogP contribution in [0.5, 0.6) is 0 Å². The molecule has 1 aromatic rings. The van der Waals surface area contributed by atoms with Gasteiger partial charge in [0.25, 0.3) is 0 Å². The van der Waals surface area contributed by atoms with Gasteiger partial charge in [0.15, 0.2) is 5.96 Å². The molecule has 8 heteroatoms. The molecular weight excluding hydrogens is 323 g/mol. The summed E-state index contributed by atoms with van der Waals surface area (Å²) in [5.74, 6) is 1.14. The lowest BCUT2D eigenvalue weighted by molar-refractivity contribution is -0.132. The molecule has 118 valence electrons. The molecule has 0 unspecified atom stereocenters. The van der Waals surface area contributed by atoms with E-state index in [1.807, 2.05) is 24.3 Å². The minimum absolute atomic E-state index is 0.187. The smallest absolute Gasteiger partial charge is 0.356 e. The highest BCUT2D eigenvalue weighted by molar-refractivity contribution is 7.99. The SMILES string of the molecule is CN=C(NCCSc1ccc(Cl)cc1)NCCC(F)(F)F. The Balaban J connectivity index is 2.19. The van der Waals surface area contributed by atoms with Gasteiger partial charge in [-0.05, 0) is 24.3 Å². The molecule has 0 saturated heterocycles. The van der Waals surface area contributed by atoms with E-state index in [-0.39, 0.29) is 6.54 Å². The predicted octanol–water partition coefficient (Wildman–Crippen LogP) is 3.55. The van der Waals surface area contributed by atoms with Crippen LogP contribution in [0.15, 0.2) is 34.2 Å². The Labute approximate surface area is 131 Å². The summed E-state index contributed by atoms with van der Waals surface area (Å²) >= 11 is 7.41. The third-order valence-corrected chi connectivity index (χ3v) is 3.67. The molecule has 21 heavy (non-hydrogen) atoms. The van der Waals surface area contributed by atoms with Crippen LogP contribution >= 0.6 is 23.4 Å². The van der Waals surface area contributed by atoms with Crippen molar-refractivity contribution in [3.8, 4) is 0 Å². The molecular formula is C13H17ClF3N3S. The number of halogens is 4. The van der Waals surface area contributed by atoms with Crippen LogP contribution < -0.4 is 10.6 Å². The molecule has 0 amide bonds. The van der Waals surface area contributed by atoms with Gasteiger partial charge >= 0.3 is 6.18 Å². The van der Waals surface area contributed by atoms with Gasteiger partial charge in [0.1, 0.15) is 0 Å². The Morgan fingerprint density at radius 2 is 1.81 bits per heavy atom. The normalized spacial score (nSPS) is 12.3. The van der Waals surface area contributed by atoms with E-state index in [2.05, 4.69) is 15.6 Å². The van der Waals surface area contributed by atoms with Gasteiger partial charge in [-0.25, -0.2) is 0 Å². The minimum atomic E-state index is -4.16. The van der Waals surface area contributed by atoms with E-state index in [0.29, 0.717) is 17.5 Å². The Bertz CT molecular complexity index is 449. The number of aliphatic imine (C=N–C) groups is 1. The third kappa shape index (κ3) is 8.72. The number of nitrogens with one attached hydrogen (secondary N) is 2. The molecule has 0 fully saturated rings. The molecule has 1 aromatic carbocycles. The molecule has 1 rings (SSSR count). The van der Waals surface area contributed by atoms with Crippen molar-refractivity contribution in [2.24, 2.45) is 4.99 Å². The highest BCUT2D eigenvalue weighted by Crippen LogP contribution is 2.19. The van der Waals surface area contributed by atoms with Gasteiger partial charge < -0.3 is 10.6 Å². The first-order valence-corrected chi connectivity index (χ1v) is 7.67. The highest BCUT2D eigenvalue weighted by atomic mass is 35.5. The Kier molecular flexibility index (Phi) is 7.74. The van der Waals surface area contributed by atoms with E-state index in [9.17, 15) is 13.2 Å². The summed E-state index contributed by atoms with van der Waals surface area (Å²) in [6.07, 6.45) is -5.04. The fourth-order valence-electron chi connectivity index (χ4n) is 1.41. The molecule has 0 saturated carbocycles. The van der Waals surface area contributed by atoms with Crippen LogP contribution in [-0.4, -0.2) is 38.0 Å². The number of hydrogen-bond acceptors (Lipinski definition) is 2. The second kappa shape index (κ2) is 9.04. The van der Waals surface area contributed by atoms with Gasteiger partial charge in [-0.1, -0.05) is 11.6 Å². The summed E-state index contributed by atoms with van der Waals surface area (Å²) in [5, 5.41) is 6.27. The first kappa shape index (κ1) is 18.0. The van der Waals surface area contributed by atoms with E-state index < -0.39 is 12.6 Å². The second-order valence-electron chi connectivity index (χ2n) is 4.09. The molecule has 0 aliphatic carbocycles. The predicted molar refractivity (Wildman–Crippen MR) is 82.2 cm³/mol. The number of hydrogen-bond donors (Lipinski definition) is 2. The first-order valence-electron chi connectivity index (χ1n) is 6.30. The number of benzene rings is 1. The zero-order valence-electron chi connectivity index (χ0n) is 11.5. The average Bonchev–Trinajstić information content (AvgIpc) is 2.42. The lowest BCUT2D eigenvalue weighted by atomic mass is 10.4. The second-order valence-corrected chi connectivity index (χ2v) is 5.70. The van der Waals surface area contributed by atoms with Crippen molar-refractivity contribution >= 4 is 29.3 Å². The third-order valence-electron chi connectivity index (χ3n) is 2.40. The Morgan fingerprint density at radius 3 is 2.38 bits per heavy atom. The quantitative estimate of drug-likeness (QED) is 0.360. The maximum atomic E-state index is 12.0. The fraction of sp³-hybridized carbons (Fsp3) is 0.462. The summed E-state index contributed by atoms with van der Waals surface area (Å²) in [4.78, 5) is 4.95. The van der Waals surface area contributed by atoms with Crippen molar-refractivity contribution in [3.05, 3.63) is 29.3 Å². The van der Waals surface area contributed by atoms with E-state index in [1.54, 1.807) is 11.8 Å². The maximum Gasteiger partial charge on any atom is 0.390 e. The van der Waals surface area contributed by atoms with Gasteiger partial charge in [-0.15, -0.1) is 11.8 Å². The zero-order chi connectivity index (χ0) is 15.7. The van der Waals surface area contributed by atoms with Crippen LogP contribution in [0.4, 0.5) is 13.2 Å². The van der Waals surface area contributed by atoms with Crippen molar-refractivity contribution < 1.29 is 13.2 Å². The number of guanidine groups is 1. The van der Waals surface area contributed by atoms with E-state index in [4.69, 9.17) is 11.6 Å². The highest BCUT2D eigenvalue weighted by Gasteiger charge is 2.26. The van der Waals surface area contributed by atoms with Crippen molar-refractivity contribution in [2.45, 2.75) is 17.5 Å². The summed E-state index contributed by atoms with van der Waals surface area (Å²) in [6, 6.07) is 7.47. The van der Waals surface area contributed by atoms with Crippen LogP contribution in [-0.2, 0) is 0 Å². The molecule has 0 spiro atoms. The van der Waals surface area contributed by atoms with Gasteiger partial charge in [0.2, 0.25) is 0 Å².